The molecule has 98 valence electrons. The van der Waals surface area contributed by atoms with Crippen LogP contribution in [-0.2, 0) is 6.42 Å². The molecule has 0 fully saturated rings. The van der Waals surface area contributed by atoms with Gasteiger partial charge in [-0.15, -0.1) is 0 Å². The Labute approximate surface area is 113 Å². The normalized spacial score (nSPS) is 17.3. The average molecular weight is 254 g/mol. The van der Waals surface area contributed by atoms with Crippen molar-refractivity contribution in [3.05, 3.63) is 53.9 Å². The molecule has 0 bridgehead atoms. The van der Waals surface area contributed by atoms with Crippen LogP contribution in [0.1, 0.15) is 17.2 Å². The van der Waals surface area contributed by atoms with Crippen molar-refractivity contribution in [2.24, 2.45) is 0 Å². The number of aromatic nitrogens is 1. The van der Waals surface area contributed by atoms with Crippen LogP contribution in [-0.4, -0.2) is 30.5 Å². The zero-order valence-corrected chi connectivity index (χ0v) is 11.3. The van der Waals surface area contributed by atoms with Crippen molar-refractivity contribution in [3.63, 3.8) is 0 Å². The van der Waals surface area contributed by atoms with Crippen LogP contribution in [0, 0.1) is 0 Å². The van der Waals surface area contributed by atoms with Gasteiger partial charge in [0.1, 0.15) is 11.5 Å². The molecule has 0 unspecified atom stereocenters. The van der Waals surface area contributed by atoms with E-state index in [9.17, 15) is 0 Å². The third-order valence-electron chi connectivity index (χ3n) is 3.43. The number of rotatable bonds is 2. The minimum atomic E-state index is 0.370. The van der Waals surface area contributed by atoms with E-state index in [-0.39, 0.29) is 0 Å². The maximum Gasteiger partial charge on any atom is 0.149 e. The van der Waals surface area contributed by atoms with Crippen LogP contribution in [0.2, 0.25) is 0 Å². The van der Waals surface area contributed by atoms with Gasteiger partial charge in [0.25, 0.3) is 0 Å². The molecule has 1 aliphatic rings. The van der Waals surface area contributed by atoms with E-state index >= 15 is 0 Å². The van der Waals surface area contributed by atoms with Crippen molar-refractivity contribution in [2.75, 3.05) is 20.6 Å². The van der Waals surface area contributed by atoms with Crippen molar-refractivity contribution >= 4 is 0 Å². The van der Waals surface area contributed by atoms with E-state index in [0.717, 1.165) is 30.2 Å². The smallest absolute Gasteiger partial charge is 0.149 e. The molecule has 1 aromatic heterocycles. The molecule has 0 saturated heterocycles. The van der Waals surface area contributed by atoms with E-state index in [1.807, 2.05) is 30.5 Å². The fraction of sp³-hybridized carbons (Fsp3) is 0.312. The first kappa shape index (κ1) is 12.2. The number of benzene rings is 1. The highest BCUT2D eigenvalue weighted by Crippen LogP contribution is 2.38. The highest BCUT2D eigenvalue weighted by atomic mass is 16.5. The SMILES string of the molecule is CN(C)C[C@@H]1Cc2ccccc2Oc2cccnc21. The van der Waals surface area contributed by atoms with Gasteiger partial charge in [-0.2, -0.15) is 0 Å². The summed E-state index contributed by atoms with van der Waals surface area (Å²) in [6, 6.07) is 12.2. The monoisotopic (exact) mass is 254 g/mol. The third kappa shape index (κ3) is 2.47. The molecule has 2 aromatic rings. The summed E-state index contributed by atoms with van der Waals surface area (Å²) >= 11 is 0. The van der Waals surface area contributed by atoms with Crippen molar-refractivity contribution in [2.45, 2.75) is 12.3 Å². The first-order valence-electron chi connectivity index (χ1n) is 6.59. The molecule has 0 aliphatic carbocycles. The topological polar surface area (TPSA) is 25.4 Å². The van der Waals surface area contributed by atoms with Gasteiger partial charge in [0.2, 0.25) is 0 Å². The molecular weight excluding hydrogens is 236 g/mol. The van der Waals surface area contributed by atoms with Crippen molar-refractivity contribution in [1.29, 1.82) is 0 Å². The second-order valence-electron chi connectivity index (χ2n) is 5.26. The molecule has 0 spiro atoms. The molecule has 2 heterocycles. The van der Waals surface area contributed by atoms with Gasteiger partial charge in [0.15, 0.2) is 0 Å². The first-order chi connectivity index (χ1) is 9.24. The fourth-order valence-corrected chi connectivity index (χ4v) is 2.64. The quantitative estimate of drug-likeness (QED) is 0.823. The highest BCUT2D eigenvalue weighted by molar-refractivity contribution is 5.44. The Morgan fingerprint density at radius 2 is 1.95 bits per heavy atom. The lowest BCUT2D eigenvalue weighted by Gasteiger charge is -2.19. The van der Waals surface area contributed by atoms with Crippen LogP contribution in [0.25, 0.3) is 0 Å². The number of likely N-dealkylation sites (N-methyl/N-ethyl adjacent to an activating group) is 1. The minimum Gasteiger partial charge on any atom is -0.455 e. The summed E-state index contributed by atoms with van der Waals surface area (Å²) in [5, 5.41) is 0. The van der Waals surface area contributed by atoms with E-state index in [1.165, 1.54) is 5.56 Å². The molecule has 1 aliphatic heterocycles. The van der Waals surface area contributed by atoms with Crippen LogP contribution < -0.4 is 4.74 Å². The van der Waals surface area contributed by atoms with Gasteiger partial charge in [-0.1, -0.05) is 18.2 Å². The number of fused-ring (bicyclic) bond motifs is 2. The largest absolute Gasteiger partial charge is 0.455 e. The first-order valence-corrected chi connectivity index (χ1v) is 6.59. The summed E-state index contributed by atoms with van der Waals surface area (Å²) in [7, 11) is 4.19. The van der Waals surface area contributed by atoms with Crippen LogP contribution in [0.3, 0.4) is 0 Å². The third-order valence-corrected chi connectivity index (χ3v) is 3.43. The van der Waals surface area contributed by atoms with Crippen LogP contribution >= 0.6 is 0 Å². The van der Waals surface area contributed by atoms with Gasteiger partial charge in [-0.05, 0) is 44.3 Å². The van der Waals surface area contributed by atoms with Gasteiger partial charge in [0, 0.05) is 18.7 Å². The molecule has 3 nitrogen and oxygen atoms in total. The summed E-state index contributed by atoms with van der Waals surface area (Å²) < 4.78 is 6.03. The Kier molecular flexibility index (Phi) is 3.22. The lowest BCUT2D eigenvalue weighted by atomic mass is 9.95. The zero-order chi connectivity index (χ0) is 13.2. The maximum atomic E-state index is 6.03. The average Bonchev–Trinajstić information content (AvgIpc) is 2.55. The number of nitrogens with zero attached hydrogens (tertiary/aromatic N) is 2. The van der Waals surface area contributed by atoms with Gasteiger partial charge >= 0.3 is 0 Å². The lowest BCUT2D eigenvalue weighted by Crippen LogP contribution is -2.22. The van der Waals surface area contributed by atoms with Crippen LogP contribution in [0.4, 0.5) is 0 Å². The summed E-state index contributed by atoms with van der Waals surface area (Å²) in [4.78, 5) is 6.75. The Hall–Kier alpha value is -1.87. The summed E-state index contributed by atoms with van der Waals surface area (Å²) in [6.45, 7) is 0.974. The van der Waals surface area contributed by atoms with Crippen molar-refractivity contribution in [1.82, 2.24) is 9.88 Å². The minimum absolute atomic E-state index is 0.370. The molecular formula is C16H18N2O. The van der Waals surface area contributed by atoms with Gasteiger partial charge in [-0.3, -0.25) is 4.98 Å². The highest BCUT2D eigenvalue weighted by Gasteiger charge is 2.24. The number of hydrogen-bond donors (Lipinski definition) is 0. The predicted molar refractivity (Wildman–Crippen MR) is 75.8 cm³/mol. The van der Waals surface area contributed by atoms with E-state index in [2.05, 4.69) is 36.1 Å². The predicted octanol–water partition coefficient (Wildman–Crippen LogP) is 3.08. The molecule has 19 heavy (non-hydrogen) atoms. The Bertz CT molecular complexity index is 580. The van der Waals surface area contributed by atoms with Crippen molar-refractivity contribution < 1.29 is 4.74 Å². The molecule has 0 radical (unpaired) electrons. The van der Waals surface area contributed by atoms with E-state index < -0.39 is 0 Å². The molecule has 0 amide bonds. The van der Waals surface area contributed by atoms with E-state index in [4.69, 9.17) is 4.74 Å². The number of para-hydroxylation sites is 1. The summed E-state index contributed by atoms with van der Waals surface area (Å²) in [5.41, 5.74) is 2.32. The Balaban J connectivity index is 2.06. The lowest BCUT2D eigenvalue weighted by molar-refractivity contribution is 0.367. The molecule has 0 N–H and O–H groups in total. The molecule has 1 atom stereocenters. The van der Waals surface area contributed by atoms with E-state index in [0.29, 0.717) is 5.92 Å². The Morgan fingerprint density at radius 1 is 1.16 bits per heavy atom. The maximum absolute atomic E-state index is 6.03. The standard InChI is InChI=1S/C16H18N2O/c1-18(2)11-13-10-12-6-3-4-7-14(12)19-15-8-5-9-17-16(13)15/h3-9,13H,10-11H2,1-2H3/t13-/m0/s1. The zero-order valence-electron chi connectivity index (χ0n) is 11.3. The van der Waals surface area contributed by atoms with Crippen LogP contribution in [0.5, 0.6) is 11.5 Å². The second kappa shape index (κ2) is 5.02. The number of hydrogen-bond acceptors (Lipinski definition) is 3. The molecule has 3 rings (SSSR count). The number of pyridine rings is 1. The fourth-order valence-electron chi connectivity index (χ4n) is 2.64. The summed E-state index contributed by atoms with van der Waals surface area (Å²) in [6.07, 6.45) is 2.82. The summed E-state index contributed by atoms with van der Waals surface area (Å²) in [5.74, 6) is 2.21. The van der Waals surface area contributed by atoms with E-state index in [1.54, 1.807) is 0 Å². The Morgan fingerprint density at radius 3 is 2.79 bits per heavy atom. The van der Waals surface area contributed by atoms with Gasteiger partial charge in [0.05, 0.1) is 5.69 Å². The molecule has 1 aromatic carbocycles. The molecule has 3 heteroatoms. The van der Waals surface area contributed by atoms with Gasteiger partial charge < -0.3 is 9.64 Å². The van der Waals surface area contributed by atoms with Crippen molar-refractivity contribution in [3.8, 4) is 11.5 Å². The van der Waals surface area contributed by atoms with Gasteiger partial charge in [-0.25, -0.2) is 0 Å². The second-order valence-corrected chi connectivity index (χ2v) is 5.26. The van der Waals surface area contributed by atoms with Crippen LogP contribution in [0.15, 0.2) is 42.6 Å². The molecule has 0 saturated carbocycles. The number of ether oxygens (including phenoxy) is 1.